The number of fused-ring (bicyclic) bond motifs is 1. The highest BCUT2D eigenvalue weighted by Gasteiger charge is 2.38. The van der Waals surface area contributed by atoms with E-state index in [4.69, 9.17) is 9.47 Å². The van der Waals surface area contributed by atoms with Crippen molar-refractivity contribution in [3.8, 4) is 0 Å². The molecular weight excluding hydrogens is 382 g/mol. The molecule has 7 nitrogen and oxygen atoms in total. The van der Waals surface area contributed by atoms with E-state index < -0.39 is 5.97 Å². The summed E-state index contributed by atoms with van der Waals surface area (Å²) in [7, 11) is 1.89. The first-order valence-corrected chi connectivity index (χ1v) is 10.9. The van der Waals surface area contributed by atoms with Crippen molar-refractivity contribution in [2.24, 2.45) is 7.05 Å². The van der Waals surface area contributed by atoms with Crippen LogP contribution in [0.25, 0.3) is 10.9 Å². The van der Waals surface area contributed by atoms with Crippen LogP contribution in [0.2, 0.25) is 0 Å². The summed E-state index contributed by atoms with van der Waals surface area (Å²) in [4.78, 5) is 27.5. The minimum atomic E-state index is -0.470. The van der Waals surface area contributed by atoms with Crippen molar-refractivity contribution in [2.75, 3.05) is 39.5 Å². The van der Waals surface area contributed by atoms with E-state index in [1.165, 1.54) is 19.3 Å². The van der Waals surface area contributed by atoms with E-state index in [-0.39, 0.29) is 18.1 Å². The average Bonchev–Trinajstić information content (AvgIpc) is 3.14. The lowest BCUT2D eigenvalue weighted by Gasteiger charge is -2.48. The smallest absolute Gasteiger partial charge is 0.340 e. The first-order valence-electron chi connectivity index (χ1n) is 10.9. The number of carbonyl (C=O) groups excluding carboxylic acids is 2. The number of benzene rings is 1. The maximum atomic E-state index is 12.6. The summed E-state index contributed by atoms with van der Waals surface area (Å²) in [5.74, 6) is -0.718. The predicted molar refractivity (Wildman–Crippen MR) is 114 cm³/mol. The highest BCUT2D eigenvalue weighted by atomic mass is 16.5. The second kappa shape index (κ2) is 9.18. The molecule has 1 aliphatic heterocycles. The number of esters is 1. The number of rotatable bonds is 6. The predicted octanol–water partition coefficient (Wildman–Crippen LogP) is 2.49. The molecule has 4 rings (SSSR count). The molecule has 1 aromatic carbocycles. The van der Waals surface area contributed by atoms with Gasteiger partial charge in [-0.2, -0.15) is 0 Å². The molecular formula is C23H31N3O4. The second-order valence-electron chi connectivity index (χ2n) is 8.41. The van der Waals surface area contributed by atoms with Gasteiger partial charge >= 0.3 is 5.97 Å². The van der Waals surface area contributed by atoms with Crippen LogP contribution in [0.5, 0.6) is 0 Å². The summed E-state index contributed by atoms with van der Waals surface area (Å²) in [6, 6.07) is 7.66. The maximum absolute atomic E-state index is 12.6. The molecule has 2 heterocycles. The van der Waals surface area contributed by atoms with Crippen molar-refractivity contribution in [1.29, 1.82) is 0 Å². The van der Waals surface area contributed by atoms with Crippen LogP contribution in [0.4, 0.5) is 0 Å². The fourth-order valence-corrected chi connectivity index (χ4v) is 4.88. The van der Waals surface area contributed by atoms with E-state index in [1.807, 2.05) is 35.9 Å². The number of para-hydroxylation sites is 1. The molecule has 162 valence electrons. The van der Waals surface area contributed by atoms with Crippen LogP contribution in [-0.4, -0.2) is 66.3 Å². The number of ether oxygens (including phenoxy) is 2. The van der Waals surface area contributed by atoms with E-state index in [9.17, 15) is 9.59 Å². The zero-order valence-corrected chi connectivity index (χ0v) is 17.7. The van der Waals surface area contributed by atoms with Gasteiger partial charge in [-0.1, -0.05) is 37.5 Å². The SMILES string of the molecule is Cn1cc(C(=O)OCC(=O)NCC2(N3CCOCC3)CCCCC2)c2ccccc21. The van der Waals surface area contributed by atoms with Crippen molar-refractivity contribution < 1.29 is 19.1 Å². The number of hydrogen-bond donors (Lipinski definition) is 1. The molecule has 2 fully saturated rings. The summed E-state index contributed by atoms with van der Waals surface area (Å²) in [6.45, 7) is 3.65. The van der Waals surface area contributed by atoms with Gasteiger partial charge in [-0.15, -0.1) is 0 Å². The van der Waals surface area contributed by atoms with Crippen LogP contribution >= 0.6 is 0 Å². The summed E-state index contributed by atoms with van der Waals surface area (Å²) in [5, 5.41) is 3.87. The Labute approximate surface area is 177 Å². The lowest BCUT2D eigenvalue weighted by Crippen LogP contribution is -2.59. The minimum absolute atomic E-state index is 0.00265. The van der Waals surface area contributed by atoms with Crippen LogP contribution in [-0.2, 0) is 21.3 Å². The van der Waals surface area contributed by atoms with Gasteiger partial charge in [0.2, 0.25) is 0 Å². The van der Waals surface area contributed by atoms with Crippen molar-refractivity contribution in [3.63, 3.8) is 0 Å². The normalized spacial score (nSPS) is 19.5. The molecule has 7 heteroatoms. The largest absolute Gasteiger partial charge is 0.452 e. The van der Waals surface area contributed by atoms with Crippen molar-refractivity contribution >= 4 is 22.8 Å². The number of carbonyl (C=O) groups is 2. The zero-order chi connectivity index (χ0) is 21.0. The molecule has 2 aromatic rings. The molecule has 1 aliphatic carbocycles. The molecule has 2 aliphatic rings. The van der Waals surface area contributed by atoms with Gasteiger partial charge in [0, 0.05) is 49.3 Å². The molecule has 0 spiro atoms. The van der Waals surface area contributed by atoms with Gasteiger partial charge in [-0.25, -0.2) is 4.79 Å². The molecule has 1 saturated carbocycles. The molecule has 30 heavy (non-hydrogen) atoms. The number of aromatic nitrogens is 1. The number of aryl methyl sites for hydroxylation is 1. The summed E-state index contributed by atoms with van der Waals surface area (Å²) in [6.07, 6.45) is 7.54. The summed E-state index contributed by atoms with van der Waals surface area (Å²) < 4.78 is 12.7. The highest BCUT2D eigenvalue weighted by molar-refractivity contribution is 6.04. The summed E-state index contributed by atoms with van der Waals surface area (Å²) in [5.41, 5.74) is 1.44. The number of hydrogen-bond acceptors (Lipinski definition) is 5. The number of amides is 1. The zero-order valence-electron chi connectivity index (χ0n) is 17.7. The van der Waals surface area contributed by atoms with Gasteiger partial charge in [0.05, 0.1) is 18.8 Å². The Morgan fingerprint density at radius 1 is 1.13 bits per heavy atom. The lowest BCUT2D eigenvalue weighted by molar-refractivity contribution is -0.125. The van der Waals surface area contributed by atoms with Crippen LogP contribution < -0.4 is 5.32 Å². The second-order valence-corrected chi connectivity index (χ2v) is 8.41. The van der Waals surface area contributed by atoms with E-state index >= 15 is 0 Å². The van der Waals surface area contributed by atoms with E-state index in [1.54, 1.807) is 6.20 Å². The molecule has 0 radical (unpaired) electrons. The van der Waals surface area contributed by atoms with Gasteiger partial charge in [0.25, 0.3) is 5.91 Å². The Morgan fingerprint density at radius 2 is 1.87 bits per heavy atom. The van der Waals surface area contributed by atoms with E-state index in [0.717, 1.165) is 50.0 Å². The Hall–Kier alpha value is -2.38. The number of nitrogens with one attached hydrogen (secondary N) is 1. The maximum Gasteiger partial charge on any atom is 0.340 e. The lowest BCUT2D eigenvalue weighted by atomic mass is 9.79. The average molecular weight is 414 g/mol. The summed E-state index contributed by atoms with van der Waals surface area (Å²) >= 11 is 0. The Bertz CT molecular complexity index is 895. The first kappa shape index (κ1) is 20.9. The molecule has 0 atom stereocenters. The molecule has 1 saturated heterocycles. The van der Waals surface area contributed by atoms with Crippen LogP contribution in [0.15, 0.2) is 30.5 Å². The fourth-order valence-electron chi connectivity index (χ4n) is 4.88. The molecule has 0 unspecified atom stereocenters. The molecule has 1 N–H and O–H groups in total. The topological polar surface area (TPSA) is 72.8 Å². The molecule has 1 aromatic heterocycles. The third kappa shape index (κ3) is 4.37. The quantitative estimate of drug-likeness (QED) is 0.737. The van der Waals surface area contributed by atoms with Crippen LogP contribution in [0.1, 0.15) is 42.5 Å². The Morgan fingerprint density at radius 3 is 2.63 bits per heavy atom. The Kier molecular flexibility index (Phi) is 6.39. The first-order chi connectivity index (χ1) is 14.6. The van der Waals surface area contributed by atoms with Gasteiger partial charge < -0.3 is 19.4 Å². The molecule has 0 bridgehead atoms. The minimum Gasteiger partial charge on any atom is -0.452 e. The third-order valence-corrected chi connectivity index (χ3v) is 6.53. The number of nitrogens with zero attached hydrogens (tertiary/aromatic N) is 2. The third-order valence-electron chi connectivity index (χ3n) is 6.53. The highest BCUT2D eigenvalue weighted by Crippen LogP contribution is 2.33. The van der Waals surface area contributed by atoms with Gasteiger partial charge in [-0.05, 0) is 18.9 Å². The van der Waals surface area contributed by atoms with Crippen LogP contribution in [0, 0.1) is 0 Å². The van der Waals surface area contributed by atoms with Crippen molar-refractivity contribution in [2.45, 2.75) is 37.6 Å². The van der Waals surface area contributed by atoms with E-state index in [0.29, 0.717) is 12.1 Å². The standard InChI is InChI=1S/C23H31N3O4/c1-25-15-19(18-7-3-4-8-20(18)25)22(28)30-16-21(27)24-17-23(9-5-2-6-10-23)26-11-13-29-14-12-26/h3-4,7-8,15H,2,5-6,9-14,16-17H2,1H3,(H,24,27). The van der Waals surface area contributed by atoms with E-state index in [2.05, 4.69) is 10.2 Å². The van der Waals surface area contributed by atoms with Gasteiger partial charge in [-0.3, -0.25) is 9.69 Å². The van der Waals surface area contributed by atoms with Crippen molar-refractivity contribution in [1.82, 2.24) is 14.8 Å². The van der Waals surface area contributed by atoms with Crippen LogP contribution in [0.3, 0.4) is 0 Å². The van der Waals surface area contributed by atoms with Gasteiger partial charge in [0.1, 0.15) is 0 Å². The van der Waals surface area contributed by atoms with Gasteiger partial charge in [0.15, 0.2) is 6.61 Å². The fraction of sp³-hybridized carbons (Fsp3) is 0.565. The number of morpholine rings is 1. The monoisotopic (exact) mass is 413 g/mol. The Balaban J connectivity index is 1.34. The molecule has 1 amide bonds. The van der Waals surface area contributed by atoms with Crippen molar-refractivity contribution in [3.05, 3.63) is 36.0 Å².